The zero-order valence-electron chi connectivity index (χ0n) is 11.6. The number of carbonyl (C=O) groups is 1. The molecule has 0 amide bonds. The summed E-state index contributed by atoms with van der Waals surface area (Å²) < 4.78 is 0. The number of nitrogens with zero attached hydrogens (tertiary/aromatic N) is 1. The van der Waals surface area contributed by atoms with Crippen LogP contribution in [0.1, 0.15) is 42.5 Å². The zero-order chi connectivity index (χ0) is 13.7. The molecule has 0 bridgehead atoms. The van der Waals surface area contributed by atoms with Crippen molar-refractivity contribution in [2.45, 2.75) is 38.0 Å². The molecular weight excluding hydrogens is 246 g/mol. The van der Waals surface area contributed by atoms with Gasteiger partial charge in [0.2, 0.25) is 0 Å². The molecule has 0 radical (unpaired) electrons. The molecular formula is C18H17NO. The van der Waals surface area contributed by atoms with Gasteiger partial charge in [-0.25, -0.2) is 0 Å². The Morgan fingerprint density at radius 2 is 1.80 bits per heavy atom. The third-order valence-corrected chi connectivity index (χ3v) is 4.95. The Bertz CT molecular complexity index is 707. The summed E-state index contributed by atoms with van der Waals surface area (Å²) in [5.41, 5.74) is 6.47. The highest BCUT2D eigenvalue weighted by molar-refractivity contribution is 5.85. The molecule has 1 aromatic carbocycles. The zero-order valence-corrected chi connectivity index (χ0v) is 11.6. The van der Waals surface area contributed by atoms with E-state index in [0.29, 0.717) is 18.6 Å². The third kappa shape index (κ3) is 1.45. The monoisotopic (exact) mass is 263 g/mol. The molecule has 0 N–H and O–H groups in total. The van der Waals surface area contributed by atoms with E-state index in [1.807, 2.05) is 13.1 Å². The molecule has 100 valence electrons. The molecule has 4 rings (SSSR count). The number of carbonyl (C=O) groups excluding carboxylic acids is 1. The third-order valence-electron chi connectivity index (χ3n) is 4.95. The number of benzene rings is 1. The molecule has 20 heavy (non-hydrogen) atoms. The first-order chi connectivity index (χ1) is 9.71. The van der Waals surface area contributed by atoms with E-state index in [9.17, 15) is 4.79 Å². The summed E-state index contributed by atoms with van der Waals surface area (Å²) in [5, 5.41) is 0. The number of hydrogen-bond acceptors (Lipinski definition) is 2. The van der Waals surface area contributed by atoms with E-state index in [1.165, 1.54) is 22.3 Å². The fourth-order valence-electron chi connectivity index (χ4n) is 3.94. The van der Waals surface area contributed by atoms with Crippen LogP contribution < -0.4 is 0 Å². The van der Waals surface area contributed by atoms with Crippen LogP contribution in [0.5, 0.6) is 0 Å². The highest BCUT2D eigenvalue weighted by Gasteiger charge is 2.45. The van der Waals surface area contributed by atoms with E-state index in [4.69, 9.17) is 0 Å². The van der Waals surface area contributed by atoms with Crippen LogP contribution >= 0.6 is 0 Å². The molecule has 2 nitrogen and oxygen atoms in total. The SMILES string of the molecule is Cc1cc2c(cn1)C1(CCC(=O)CC1)c1ccccc1-2. The van der Waals surface area contributed by atoms with Crippen molar-refractivity contribution in [3.05, 3.63) is 53.3 Å². The standard InChI is InChI=1S/C18H17NO/c1-12-10-15-14-4-2-3-5-16(14)18(17(15)11-19-12)8-6-13(20)7-9-18/h2-5,10-11H,6-9H2,1H3. The van der Waals surface area contributed by atoms with Crippen molar-refractivity contribution in [3.63, 3.8) is 0 Å². The maximum atomic E-state index is 11.7. The van der Waals surface area contributed by atoms with Gasteiger partial charge in [-0.1, -0.05) is 24.3 Å². The molecule has 0 atom stereocenters. The largest absolute Gasteiger partial charge is 0.300 e. The Balaban J connectivity index is 1.99. The molecule has 2 heteroatoms. The topological polar surface area (TPSA) is 30.0 Å². The van der Waals surface area contributed by atoms with E-state index in [-0.39, 0.29) is 5.41 Å². The van der Waals surface area contributed by atoms with E-state index in [0.717, 1.165) is 18.5 Å². The molecule has 2 aromatic rings. The number of aromatic nitrogens is 1. The average molecular weight is 263 g/mol. The van der Waals surface area contributed by atoms with E-state index < -0.39 is 0 Å². The van der Waals surface area contributed by atoms with Gasteiger partial charge in [-0.15, -0.1) is 0 Å². The minimum absolute atomic E-state index is 0.0283. The van der Waals surface area contributed by atoms with Gasteiger partial charge in [0.15, 0.2) is 0 Å². The summed E-state index contributed by atoms with van der Waals surface area (Å²) >= 11 is 0. The van der Waals surface area contributed by atoms with E-state index >= 15 is 0 Å². The van der Waals surface area contributed by atoms with Gasteiger partial charge in [-0.2, -0.15) is 0 Å². The van der Waals surface area contributed by atoms with Crippen molar-refractivity contribution in [1.82, 2.24) is 4.98 Å². The normalized spacial score (nSPS) is 18.9. The predicted molar refractivity (Wildman–Crippen MR) is 78.7 cm³/mol. The van der Waals surface area contributed by atoms with Crippen molar-refractivity contribution in [2.75, 3.05) is 0 Å². The van der Waals surface area contributed by atoms with Crippen LogP contribution in [-0.2, 0) is 10.2 Å². The Labute approximate surface area is 118 Å². The molecule has 1 saturated carbocycles. The fraction of sp³-hybridized carbons (Fsp3) is 0.333. The first-order valence-corrected chi connectivity index (χ1v) is 7.29. The molecule has 1 spiro atoms. The lowest BCUT2D eigenvalue weighted by Crippen LogP contribution is -2.31. The second kappa shape index (κ2) is 4.02. The highest BCUT2D eigenvalue weighted by atomic mass is 16.1. The van der Waals surface area contributed by atoms with Crippen LogP contribution in [-0.4, -0.2) is 10.8 Å². The summed E-state index contributed by atoms with van der Waals surface area (Å²) in [7, 11) is 0. The summed E-state index contributed by atoms with van der Waals surface area (Å²) in [6.45, 7) is 2.04. The smallest absolute Gasteiger partial charge is 0.133 e. The summed E-state index contributed by atoms with van der Waals surface area (Å²) in [6.07, 6.45) is 5.30. The van der Waals surface area contributed by atoms with Gasteiger partial charge < -0.3 is 0 Å². The number of ketones is 1. The first kappa shape index (κ1) is 11.8. The van der Waals surface area contributed by atoms with Gasteiger partial charge in [0.05, 0.1) is 0 Å². The Morgan fingerprint density at radius 3 is 2.60 bits per heavy atom. The van der Waals surface area contributed by atoms with Crippen molar-refractivity contribution >= 4 is 5.78 Å². The van der Waals surface area contributed by atoms with Crippen molar-refractivity contribution in [3.8, 4) is 11.1 Å². The van der Waals surface area contributed by atoms with Gasteiger partial charge >= 0.3 is 0 Å². The summed E-state index contributed by atoms with van der Waals surface area (Å²) in [4.78, 5) is 16.2. The Morgan fingerprint density at radius 1 is 1.05 bits per heavy atom. The lowest BCUT2D eigenvalue weighted by Gasteiger charge is -2.35. The van der Waals surface area contributed by atoms with Crippen molar-refractivity contribution < 1.29 is 4.79 Å². The second-order valence-electron chi connectivity index (χ2n) is 6.04. The Kier molecular flexibility index (Phi) is 2.38. The molecule has 2 aliphatic carbocycles. The molecule has 1 aromatic heterocycles. The maximum Gasteiger partial charge on any atom is 0.133 e. The van der Waals surface area contributed by atoms with E-state index in [2.05, 4.69) is 35.3 Å². The molecule has 2 aliphatic rings. The number of fused-ring (bicyclic) bond motifs is 5. The molecule has 0 saturated heterocycles. The van der Waals surface area contributed by atoms with Gasteiger partial charge in [-0.05, 0) is 48.1 Å². The van der Waals surface area contributed by atoms with Crippen molar-refractivity contribution in [2.24, 2.45) is 0 Å². The van der Waals surface area contributed by atoms with E-state index in [1.54, 1.807) is 0 Å². The number of hydrogen-bond donors (Lipinski definition) is 0. The predicted octanol–water partition coefficient (Wildman–Crippen LogP) is 3.80. The lowest BCUT2D eigenvalue weighted by atomic mass is 9.68. The average Bonchev–Trinajstić information content (AvgIpc) is 2.73. The summed E-state index contributed by atoms with van der Waals surface area (Å²) in [6, 6.07) is 10.9. The van der Waals surface area contributed by atoms with Gasteiger partial charge in [0.1, 0.15) is 5.78 Å². The van der Waals surface area contributed by atoms with Crippen LogP contribution in [0.4, 0.5) is 0 Å². The number of pyridine rings is 1. The minimum Gasteiger partial charge on any atom is -0.300 e. The second-order valence-corrected chi connectivity index (χ2v) is 6.04. The van der Waals surface area contributed by atoms with Gasteiger partial charge in [0, 0.05) is 30.1 Å². The van der Waals surface area contributed by atoms with Crippen LogP contribution in [0.3, 0.4) is 0 Å². The molecule has 0 aliphatic heterocycles. The highest BCUT2D eigenvalue weighted by Crippen LogP contribution is 2.54. The molecule has 0 unspecified atom stereocenters. The maximum absolute atomic E-state index is 11.7. The van der Waals surface area contributed by atoms with Crippen LogP contribution in [0.25, 0.3) is 11.1 Å². The Hall–Kier alpha value is -1.96. The summed E-state index contributed by atoms with van der Waals surface area (Å²) in [5.74, 6) is 0.404. The van der Waals surface area contributed by atoms with Crippen molar-refractivity contribution in [1.29, 1.82) is 0 Å². The fourth-order valence-corrected chi connectivity index (χ4v) is 3.94. The lowest BCUT2D eigenvalue weighted by molar-refractivity contribution is -0.121. The van der Waals surface area contributed by atoms with Crippen LogP contribution in [0.15, 0.2) is 36.5 Å². The minimum atomic E-state index is 0.0283. The number of aryl methyl sites for hydroxylation is 1. The first-order valence-electron chi connectivity index (χ1n) is 7.29. The van der Waals surface area contributed by atoms with Gasteiger partial charge in [0.25, 0.3) is 0 Å². The molecule has 1 fully saturated rings. The number of Topliss-reactive ketones (excluding diaryl/α,β-unsaturated/α-hetero) is 1. The molecule has 1 heterocycles. The van der Waals surface area contributed by atoms with Crippen LogP contribution in [0.2, 0.25) is 0 Å². The quantitative estimate of drug-likeness (QED) is 0.723. The van der Waals surface area contributed by atoms with Crippen LogP contribution in [0, 0.1) is 6.92 Å². The number of rotatable bonds is 0. The van der Waals surface area contributed by atoms with Gasteiger partial charge in [-0.3, -0.25) is 9.78 Å².